The molecule has 22 heavy (non-hydrogen) atoms. The Bertz CT molecular complexity index is 534. The van der Waals surface area contributed by atoms with Gasteiger partial charge in [-0.15, -0.1) is 0 Å². The second kappa shape index (κ2) is 4.93. The molecule has 118 valence electrons. The average Bonchev–Trinajstić information content (AvgIpc) is 3.27. The fourth-order valence-corrected chi connectivity index (χ4v) is 4.86. The summed E-state index contributed by atoms with van der Waals surface area (Å²) in [6, 6.07) is 0.276. The SMILES string of the molecule is CN(C(=O)CN1C(=O)C2C3C=CC(C3)C2C1=O)C1CCCC1. The third-order valence-electron chi connectivity index (χ3n) is 6.12. The van der Waals surface area contributed by atoms with E-state index in [2.05, 4.69) is 12.2 Å². The maximum Gasteiger partial charge on any atom is 0.242 e. The molecule has 1 saturated heterocycles. The number of hydrogen-bond acceptors (Lipinski definition) is 3. The number of allylic oxidation sites excluding steroid dienone is 2. The van der Waals surface area contributed by atoms with Crippen molar-refractivity contribution in [3.63, 3.8) is 0 Å². The Labute approximate surface area is 130 Å². The number of amides is 3. The van der Waals surface area contributed by atoms with Gasteiger partial charge in [0.15, 0.2) is 0 Å². The van der Waals surface area contributed by atoms with Gasteiger partial charge in [0, 0.05) is 13.1 Å². The van der Waals surface area contributed by atoms with Gasteiger partial charge in [0.05, 0.1) is 11.8 Å². The van der Waals surface area contributed by atoms with E-state index in [0.29, 0.717) is 0 Å². The predicted molar refractivity (Wildman–Crippen MR) is 79.5 cm³/mol. The minimum Gasteiger partial charge on any atom is -0.341 e. The topological polar surface area (TPSA) is 57.7 Å². The number of rotatable bonds is 3. The van der Waals surface area contributed by atoms with Crippen molar-refractivity contribution in [3.8, 4) is 0 Å². The zero-order valence-electron chi connectivity index (χ0n) is 12.9. The summed E-state index contributed by atoms with van der Waals surface area (Å²) in [5, 5.41) is 0. The van der Waals surface area contributed by atoms with Crippen molar-refractivity contribution in [2.75, 3.05) is 13.6 Å². The smallest absolute Gasteiger partial charge is 0.242 e. The highest BCUT2D eigenvalue weighted by atomic mass is 16.2. The number of hydrogen-bond donors (Lipinski definition) is 0. The Morgan fingerprint density at radius 2 is 1.68 bits per heavy atom. The van der Waals surface area contributed by atoms with Gasteiger partial charge in [-0.05, 0) is 31.1 Å². The maximum atomic E-state index is 12.6. The molecule has 3 aliphatic carbocycles. The standard InChI is InChI=1S/C17H22N2O3/c1-18(12-4-2-3-5-12)13(20)9-19-16(21)14-10-6-7-11(8-10)15(14)17(19)22/h6-7,10-12,14-15H,2-5,8-9H2,1H3. The maximum absolute atomic E-state index is 12.6. The predicted octanol–water partition coefficient (Wildman–Crippen LogP) is 1.19. The number of carbonyl (C=O) groups excluding carboxylic acids is 3. The molecule has 0 radical (unpaired) electrons. The van der Waals surface area contributed by atoms with Crippen LogP contribution in [0.2, 0.25) is 0 Å². The Morgan fingerprint density at radius 1 is 1.14 bits per heavy atom. The van der Waals surface area contributed by atoms with E-state index in [1.54, 1.807) is 11.9 Å². The Balaban J connectivity index is 1.46. The quantitative estimate of drug-likeness (QED) is 0.581. The second-order valence-corrected chi connectivity index (χ2v) is 7.21. The molecule has 0 spiro atoms. The molecule has 0 aromatic heterocycles. The molecular weight excluding hydrogens is 280 g/mol. The zero-order valence-corrected chi connectivity index (χ0v) is 12.9. The fraction of sp³-hybridized carbons (Fsp3) is 0.706. The van der Waals surface area contributed by atoms with Crippen molar-refractivity contribution in [3.05, 3.63) is 12.2 Å². The van der Waals surface area contributed by atoms with Crippen LogP contribution in [0, 0.1) is 23.7 Å². The van der Waals surface area contributed by atoms with Crippen molar-refractivity contribution in [1.29, 1.82) is 0 Å². The molecule has 3 amide bonds. The molecule has 4 rings (SSSR count). The summed E-state index contributed by atoms with van der Waals surface area (Å²) >= 11 is 0. The number of imide groups is 1. The largest absolute Gasteiger partial charge is 0.341 e. The minimum absolute atomic E-state index is 0.0723. The first-order valence-electron chi connectivity index (χ1n) is 8.37. The fourth-order valence-electron chi connectivity index (χ4n) is 4.86. The van der Waals surface area contributed by atoms with Crippen LogP contribution in [-0.2, 0) is 14.4 Å². The Hall–Kier alpha value is -1.65. The van der Waals surface area contributed by atoms with Crippen LogP contribution in [0.4, 0.5) is 0 Å². The van der Waals surface area contributed by atoms with Crippen LogP contribution in [0.5, 0.6) is 0 Å². The normalized spacial score (nSPS) is 36.5. The highest BCUT2D eigenvalue weighted by molar-refractivity contribution is 6.08. The highest BCUT2D eigenvalue weighted by Gasteiger charge is 2.59. The molecular formula is C17H22N2O3. The van der Waals surface area contributed by atoms with E-state index < -0.39 is 0 Å². The van der Waals surface area contributed by atoms with Crippen LogP contribution >= 0.6 is 0 Å². The van der Waals surface area contributed by atoms with E-state index in [9.17, 15) is 14.4 Å². The lowest BCUT2D eigenvalue weighted by molar-refractivity contribution is -0.147. The molecule has 2 saturated carbocycles. The number of likely N-dealkylation sites (N-methyl/N-ethyl adjacent to an activating group) is 1. The molecule has 5 heteroatoms. The summed E-state index contributed by atoms with van der Waals surface area (Å²) in [5.74, 6) is -0.341. The summed E-state index contributed by atoms with van der Waals surface area (Å²) < 4.78 is 0. The third kappa shape index (κ3) is 1.87. The molecule has 0 N–H and O–H groups in total. The van der Waals surface area contributed by atoms with Crippen LogP contribution in [0.15, 0.2) is 12.2 Å². The van der Waals surface area contributed by atoms with Crippen molar-refractivity contribution >= 4 is 17.7 Å². The molecule has 5 nitrogen and oxygen atoms in total. The van der Waals surface area contributed by atoms with Crippen LogP contribution < -0.4 is 0 Å². The van der Waals surface area contributed by atoms with Gasteiger partial charge in [0.25, 0.3) is 0 Å². The Kier molecular flexibility index (Phi) is 3.13. The number of carbonyl (C=O) groups is 3. The molecule has 4 unspecified atom stereocenters. The third-order valence-corrected chi connectivity index (χ3v) is 6.12. The van der Waals surface area contributed by atoms with Gasteiger partial charge >= 0.3 is 0 Å². The molecule has 0 aromatic carbocycles. The average molecular weight is 302 g/mol. The van der Waals surface area contributed by atoms with Crippen molar-refractivity contribution in [2.45, 2.75) is 38.1 Å². The summed E-state index contributed by atoms with van der Waals surface area (Å²) in [6.07, 6.45) is 9.45. The summed E-state index contributed by atoms with van der Waals surface area (Å²) in [5.41, 5.74) is 0. The Morgan fingerprint density at radius 3 is 2.23 bits per heavy atom. The molecule has 1 aliphatic heterocycles. The van der Waals surface area contributed by atoms with Crippen LogP contribution in [0.1, 0.15) is 32.1 Å². The molecule has 0 aromatic rings. The van der Waals surface area contributed by atoms with Gasteiger partial charge in [-0.2, -0.15) is 0 Å². The number of nitrogens with zero attached hydrogens (tertiary/aromatic N) is 2. The van der Waals surface area contributed by atoms with E-state index in [1.165, 1.54) is 4.90 Å². The molecule has 2 bridgehead atoms. The number of likely N-dealkylation sites (tertiary alicyclic amines) is 1. The summed E-state index contributed by atoms with van der Waals surface area (Å²) in [6.45, 7) is -0.0723. The van der Waals surface area contributed by atoms with Gasteiger partial charge in [-0.1, -0.05) is 25.0 Å². The molecule has 4 aliphatic rings. The van der Waals surface area contributed by atoms with Crippen molar-refractivity contribution in [1.82, 2.24) is 9.80 Å². The van der Waals surface area contributed by atoms with Crippen molar-refractivity contribution in [2.24, 2.45) is 23.7 Å². The van der Waals surface area contributed by atoms with E-state index in [-0.39, 0.29) is 54.0 Å². The highest BCUT2D eigenvalue weighted by Crippen LogP contribution is 2.52. The van der Waals surface area contributed by atoms with Crippen molar-refractivity contribution < 1.29 is 14.4 Å². The van der Waals surface area contributed by atoms with E-state index >= 15 is 0 Å². The minimum atomic E-state index is -0.202. The lowest BCUT2D eigenvalue weighted by atomic mass is 9.85. The second-order valence-electron chi connectivity index (χ2n) is 7.21. The first-order chi connectivity index (χ1) is 10.6. The van der Waals surface area contributed by atoms with E-state index in [1.807, 2.05) is 0 Å². The van der Waals surface area contributed by atoms with Gasteiger partial charge in [0.1, 0.15) is 6.54 Å². The van der Waals surface area contributed by atoms with Gasteiger partial charge in [-0.3, -0.25) is 19.3 Å². The molecule has 3 fully saturated rings. The van der Waals surface area contributed by atoms with Crippen LogP contribution in [0.25, 0.3) is 0 Å². The summed E-state index contributed by atoms with van der Waals surface area (Å²) in [4.78, 5) is 40.5. The lowest BCUT2D eigenvalue weighted by Crippen LogP contribution is -2.45. The number of fused-ring (bicyclic) bond motifs is 5. The van der Waals surface area contributed by atoms with E-state index in [4.69, 9.17) is 0 Å². The van der Waals surface area contributed by atoms with E-state index in [0.717, 1.165) is 32.1 Å². The van der Waals surface area contributed by atoms with Crippen LogP contribution in [0.3, 0.4) is 0 Å². The zero-order chi connectivity index (χ0) is 15.4. The van der Waals surface area contributed by atoms with Gasteiger partial charge < -0.3 is 4.90 Å². The first-order valence-corrected chi connectivity index (χ1v) is 8.37. The monoisotopic (exact) mass is 302 g/mol. The lowest BCUT2D eigenvalue weighted by Gasteiger charge is -2.26. The molecule has 4 atom stereocenters. The van der Waals surface area contributed by atoms with Gasteiger partial charge in [0.2, 0.25) is 17.7 Å². The van der Waals surface area contributed by atoms with Gasteiger partial charge in [-0.25, -0.2) is 0 Å². The van der Waals surface area contributed by atoms with Crippen LogP contribution in [-0.4, -0.2) is 47.2 Å². The summed E-state index contributed by atoms with van der Waals surface area (Å²) in [7, 11) is 1.80. The first kappa shape index (κ1) is 14.0. The molecule has 1 heterocycles.